The molecule has 5 aromatic rings. The zero-order valence-corrected chi connectivity index (χ0v) is 25.8. The highest BCUT2D eigenvalue weighted by Gasteiger charge is 2.17. The zero-order chi connectivity index (χ0) is 32.1. The maximum Gasteiger partial charge on any atom is 0.332 e. The molecule has 5 rings (SSSR count). The van der Waals surface area contributed by atoms with Crippen LogP contribution in [0.1, 0.15) is 48.6 Å². The Balaban J connectivity index is 1.58. The Morgan fingerprint density at radius 3 is 2.27 bits per heavy atom. The topological polar surface area (TPSA) is 105 Å². The van der Waals surface area contributed by atoms with Crippen molar-refractivity contribution >= 4 is 39.2 Å². The SMILES string of the molecule is CCn1c2ccc(C#Cc3ccc([N+](=O)[O-])cc3)cc2c2cc(/C(=N\OC(C)=O)c3ccc(OC(C)COC)cc3C)ccc21. The van der Waals surface area contributed by atoms with Gasteiger partial charge in [-0.2, -0.15) is 0 Å². The van der Waals surface area contributed by atoms with Crippen molar-refractivity contribution in [3.05, 3.63) is 117 Å². The van der Waals surface area contributed by atoms with E-state index < -0.39 is 10.9 Å². The Bertz CT molecular complexity index is 2000. The van der Waals surface area contributed by atoms with Gasteiger partial charge in [0.15, 0.2) is 0 Å². The molecular weight excluding hydrogens is 570 g/mol. The third-order valence-corrected chi connectivity index (χ3v) is 7.34. The van der Waals surface area contributed by atoms with Crippen molar-refractivity contribution in [2.75, 3.05) is 13.7 Å². The maximum atomic E-state index is 11.8. The Hall–Kier alpha value is -5.46. The van der Waals surface area contributed by atoms with Crippen molar-refractivity contribution in [1.82, 2.24) is 4.57 Å². The molecule has 45 heavy (non-hydrogen) atoms. The summed E-state index contributed by atoms with van der Waals surface area (Å²) in [6.07, 6.45) is -0.114. The summed E-state index contributed by atoms with van der Waals surface area (Å²) in [5.41, 5.74) is 6.65. The van der Waals surface area contributed by atoms with E-state index in [4.69, 9.17) is 14.3 Å². The Labute approximate surface area is 261 Å². The van der Waals surface area contributed by atoms with Crippen LogP contribution >= 0.6 is 0 Å². The van der Waals surface area contributed by atoms with Crippen molar-refractivity contribution in [2.45, 2.75) is 40.3 Å². The minimum Gasteiger partial charge on any atom is -0.488 e. The molecule has 9 nitrogen and oxygen atoms in total. The average Bonchev–Trinajstić information content (AvgIpc) is 3.33. The smallest absolute Gasteiger partial charge is 0.332 e. The number of ether oxygens (including phenoxy) is 2. The molecule has 4 aromatic carbocycles. The standard InChI is InChI=1S/C36H33N3O6/c1-6-38-34-17-11-27(8-7-26-9-13-29(14-10-26)39(41)42)20-32(34)33-21-28(12-18-35(33)38)36(37-45-25(4)40)31-16-15-30(19-23(31)2)44-24(3)22-43-5/h9-21,24H,6,22H2,1-5H3/b37-36+. The van der Waals surface area contributed by atoms with Crippen LogP contribution in [0.5, 0.6) is 5.75 Å². The fourth-order valence-electron chi connectivity index (χ4n) is 5.32. The molecule has 1 aromatic heterocycles. The highest BCUT2D eigenvalue weighted by molar-refractivity contribution is 6.17. The van der Waals surface area contributed by atoms with Gasteiger partial charge >= 0.3 is 5.97 Å². The van der Waals surface area contributed by atoms with Gasteiger partial charge in [-0.1, -0.05) is 23.1 Å². The molecule has 0 fully saturated rings. The molecule has 0 N–H and O–H groups in total. The number of aryl methyl sites for hydroxylation is 2. The molecule has 0 aliphatic heterocycles. The first-order valence-corrected chi connectivity index (χ1v) is 14.5. The van der Waals surface area contributed by atoms with Gasteiger partial charge in [0, 0.05) is 76.8 Å². The van der Waals surface area contributed by atoms with Crippen molar-refractivity contribution < 1.29 is 24.0 Å². The average molecular weight is 604 g/mol. The number of benzene rings is 4. The van der Waals surface area contributed by atoms with Crippen LogP contribution in [0.25, 0.3) is 21.8 Å². The summed E-state index contributed by atoms with van der Waals surface area (Å²) in [4.78, 5) is 27.5. The van der Waals surface area contributed by atoms with Crippen molar-refractivity contribution in [1.29, 1.82) is 0 Å². The summed E-state index contributed by atoms with van der Waals surface area (Å²) in [7, 11) is 1.64. The lowest BCUT2D eigenvalue weighted by molar-refractivity contribution is -0.384. The summed E-state index contributed by atoms with van der Waals surface area (Å²) in [6, 6.07) is 24.1. The highest BCUT2D eigenvalue weighted by atomic mass is 16.7. The molecule has 1 atom stereocenters. The number of carbonyl (C=O) groups is 1. The molecular formula is C36H33N3O6. The number of non-ortho nitro benzene ring substituents is 1. The number of aromatic nitrogens is 1. The van der Waals surface area contributed by atoms with Crippen LogP contribution in [-0.2, 0) is 20.9 Å². The van der Waals surface area contributed by atoms with E-state index in [0.717, 1.165) is 50.6 Å². The summed E-state index contributed by atoms with van der Waals surface area (Å²) in [6.45, 7) is 8.56. The highest BCUT2D eigenvalue weighted by Crippen LogP contribution is 2.32. The fourth-order valence-corrected chi connectivity index (χ4v) is 5.32. The summed E-state index contributed by atoms with van der Waals surface area (Å²) >= 11 is 0. The minimum absolute atomic E-state index is 0.0258. The van der Waals surface area contributed by atoms with Gasteiger partial charge in [-0.15, -0.1) is 0 Å². The first-order chi connectivity index (χ1) is 21.7. The van der Waals surface area contributed by atoms with Gasteiger partial charge in [-0.3, -0.25) is 10.1 Å². The molecule has 1 heterocycles. The number of fused-ring (bicyclic) bond motifs is 3. The number of rotatable bonds is 9. The van der Waals surface area contributed by atoms with Gasteiger partial charge in [0.25, 0.3) is 5.69 Å². The Kier molecular flexibility index (Phi) is 9.26. The molecule has 0 aliphatic rings. The molecule has 228 valence electrons. The van der Waals surface area contributed by atoms with E-state index in [1.807, 2.05) is 50.2 Å². The second kappa shape index (κ2) is 13.5. The van der Waals surface area contributed by atoms with Crippen LogP contribution in [0.2, 0.25) is 0 Å². The predicted molar refractivity (Wildman–Crippen MR) is 175 cm³/mol. The van der Waals surface area contributed by atoms with Crippen molar-refractivity contribution in [2.24, 2.45) is 5.16 Å². The molecule has 0 aliphatic carbocycles. The predicted octanol–water partition coefficient (Wildman–Crippen LogP) is 7.16. The molecule has 0 amide bonds. The summed E-state index contributed by atoms with van der Waals surface area (Å²) in [5.74, 6) is 6.49. The fraction of sp³-hybridized carbons (Fsp3) is 0.222. The van der Waals surface area contributed by atoms with E-state index in [1.54, 1.807) is 19.2 Å². The third-order valence-electron chi connectivity index (χ3n) is 7.34. The molecule has 0 spiro atoms. The van der Waals surface area contributed by atoms with E-state index >= 15 is 0 Å². The summed E-state index contributed by atoms with van der Waals surface area (Å²) < 4.78 is 13.4. The second-order valence-electron chi connectivity index (χ2n) is 10.6. The number of oxime groups is 1. The van der Waals surface area contributed by atoms with Gasteiger partial charge < -0.3 is 18.9 Å². The quantitative estimate of drug-likeness (QED) is 0.0582. The molecule has 0 saturated carbocycles. The molecule has 0 bridgehead atoms. The number of hydrogen-bond donors (Lipinski definition) is 0. The van der Waals surface area contributed by atoms with Gasteiger partial charge in [0.1, 0.15) is 17.6 Å². The second-order valence-corrected chi connectivity index (χ2v) is 10.6. The minimum atomic E-state index is -0.515. The molecule has 0 radical (unpaired) electrons. The molecule has 1 unspecified atom stereocenters. The lowest BCUT2D eigenvalue weighted by Gasteiger charge is -2.16. The van der Waals surface area contributed by atoms with Crippen LogP contribution in [-0.4, -0.2) is 41.0 Å². The van der Waals surface area contributed by atoms with Crippen molar-refractivity contribution in [3.63, 3.8) is 0 Å². The lowest BCUT2D eigenvalue weighted by Crippen LogP contribution is -2.18. The largest absolute Gasteiger partial charge is 0.488 e. The first-order valence-electron chi connectivity index (χ1n) is 14.5. The van der Waals surface area contributed by atoms with Crippen LogP contribution < -0.4 is 4.74 Å². The molecule has 0 saturated heterocycles. The Morgan fingerprint density at radius 1 is 0.956 bits per heavy atom. The maximum absolute atomic E-state index is 11.8. The van der Waals surface area contributed by atoms with Crippen LogP contribution in [0, 0.1) is 28.9 Å². The van der Waals surface area contributed by atoms with Gasteiger partial charge in [-0.25, -0.2) is 4.79 Å². The van der Waals surface area contributed by atoms with Crippen molar-refractivity contribution in [3.8, 4) is 17.6 Å². The number of nitro benzene ring substituents is 1. The first kappa shape index (κ1) is 31.0. The van der Waals surface area contributed by atoms with E-state index in [-0.39, 0.29) is 11.8 Å². The van der Waals surface area contributed by atoms with Crippen LogP contribution in [0.4, 0.5) is 5.69 Å². The third kappa shape index (κ3) is 6.87. The lowest BCUT2D eigenvalue weighted by atomic mass is 9.96. The zero-order valence-electron chi connectivity index (χ0n) is 25.8. The van der Waals surface area contributed by atoms with Crippen LogP contribution in [0.3, 0.4) is 0 Å². The number of methoxy groups -OCH3 is 1. The number of nitrogens with zero attached hydrogens (tertiary/aromatic N) is 3. The summed E-state index contributed by atoms with van der Waals surface area (Å²) in [5, 5.41) is 17.3. The number of nitro groups is 1. The van der Waals surface area contributed by atoms with E-state index in [1.165, 1.54) is 19.1 Å². The van der Waals surface area contributed by atoms with E-state index in [2.05, 4.69) is 46.7 Å². The monoisotopic (exact) mass is 603 g/mol. The van der Waals surface area contributed by atoms with Gasteiger partial charge in [0.05, 0.1) is 11.5 Å². The Morgan fingerprint density at radius 2 is 1.62 bits per heavy atom. The van der Waals surface area contributed by atoms with Gasteiger partial charge in [0.2, 0.25) is 0 Å². The van der Waals surface area contributed by atoms with Crippen LogP contribution in [0.15, 0.2) is 84.0 Å². The van der Waals surface area contributed by atoms with Gasteiger partial charge in [-0.05, 0) is 87.0 Å². The van der Waals surface area contributed by atoms with E-state index in [0.29, 0.717) is 23.6 Å². The normalized spacial score (nSPS) is 12.1. The molecule has 9 heteroatoms. The number of hydrogen-bond acceptors (Lipinski definition) is 7. The number of carbonyl (C=O) groups excluding carboxylic acids is 1. The van der Waals surface area contributed by atoms with E-state index in [9.17, 15) is 14.9 Å².